The quantitative estimate of drug-likeness (QED) is 0.502. The normalized spacial score (nSPS) is 16.4. The highest BCUT2D eigenvalue weighted by Gasteiger charge is 2.33. The summed E-state index contributed by atoms with van der Waals surface area (Å²) in [7, 11) is -3.67. The van der Waals surface area contributed by atoms with Gasteiger partial charge >= 0.3 is 0 Å². The molecule has 0 aromatic heterocycles. The van der Waals surface area contributed by atoms with Crippen LogP contribution in [0.4, 0.5) is 5.69 Å². The minimum absolute atomic E-state index is 0.106. The lowest BCUT2D eigenvalue weighted by Gasteiger charge is -2.31. The Bertz CT molecular complexity index is 1260. The van der Waals surface area contributed by atoms with Crippen molar-refractivity contribution in [1.29, 1.82) is 0 Å². The second-order valence-corrected chi connectivity index (χ2v) is 10.5. The van der Waals surface area contributed by atoms with Gasteiger partial charge in [0.2, 0.25) is 15.9 Å². The fourth-order valence-corrected chi connectivity index (χ4v) is 5.75. The molecule has 4 rings (SSSR count). The number of amides is 2. The SMILES string of the molecule is O=C(NCCc1ccccc1)c1ccccc1NC(=O)C1CCCN(S(=O)(=O)c2ccccc2)C1. The largest absolute Gasteiger partial charge is 0.352 e. The number of para-hydroxylation sites is 1. The van der Waals surface area contributed by atoms with Gasteiger partial charge in [0.15, 0.2) is 0 Å². The zero-order valence-corrected chi connectivity index (χ0v) is 20.2. The summed E-state index contributed by atoms with van der Waals surface area (Å²) in [5.41, 5.74) is 1.91. The Labute approximate surface area is 206 Å². The van der Waals surface area contributed by atoms with Gasteiger partial charge in [-0.15, -0.1) is 0 Å². The summed E-state index contributed by atoms with van der Waals surface area (Å²) < 4.78 is 27.4. The molecule has 1 heterocycles. The number of piperidine rings is 1. The first-order chi connectivity index (χ1) is 16.9. The number of rotatable bonds is 8. The second kappa shape index (κ2) is 11.3. The van der Waals surface area contributed by atoms with E-state index >= 15 is 0 Å². The number of nitrogens with zero attached hydrogens (tertiary/aromatic N) is 1. The molecule has 35 heavy (non-hydrogen) atoms. The Morgan fingerprint density at radius 1 is 0.886 bits per heavy atom. The van der Waals surface area contributed by atoms with Crippen LogP contribution in [-0.2, 0) is 21.2 Å². The van der Waals surface area contributed by atoms with Crippen LogP contribution in [0.1, 0.15) is 28.8 Å². The van der Waals surface area contributed by atoms with E-state index in [0.29, 0.717) is 43.6 Å². The first kappa shape index (κ1) is 24.6. The number of sulfonamides is 1. The van der Waals surface area contributed by atoms with Crippen LogP contribution in [0.25, 0.3) is 0 Å². The Kier molecular flexibility index (Phi) is 7.94. The van der Waals surface area contributed by atoms with Gasteiger partial charge in [0.1, 0.15) is 0 Å². The molecule has 182 valence electrons. The predicted octanol–water partition coefficient (Wildman–Crippen LogP) is 3.70. The van der Waals surface area contributed by atoms with E-state index in [1.165, 1.54) is 4.31 Å². The van der Waals surface area contributed by atoms with Gasteiger partial charge in [-0.1, -0.05) is 60.7 Å². The number of benzene rings is 3. The number of carbonyl (C=O) groups is 2. The van der Waals surface area contributed by atoms with Crippen LogP contribution in [0.15, 0.2) is 89.8 Å². The van der Waals surface area contributed by atoms with Crippen molar-refractivity contribution in [3.8, 4) is 0 Å². The molecule has 1 atom stereocenters. The number of nitrogens with one attached hydrogen (secondary N) is 2. The summed E-state index contributed by atoms with van der Waals surface area (Å²) in [6.45, 7) is 0.954. The van der Waals surface area contributed by atoms with E-state index in [0.717, 1.165) is 5.56 Å². The fraction of sp³-hybridized carbons (Fsp3) is 0.259. The highest BCUT2D eigenvalue weighted by atomic mass is 32.2. The van der Waals surface area contributed by atoms with E-state index in [-0.39, 0.29) is 23.3 Å². The third-order valence-corrected chi connectivity index (χ3v) is 7.99. The van der Waals surface area contributed by atoms with Gasteiger partial charge < -0.3 is 10.6 Å². The van der Waals surface area contributed by atoms with Gasteiger partial charge in [-0.05, 0) is 49.1 Å². The molecular weight excluding hydrogens is 462 g/mol. The van der Waals surface area contributed by atoms with Gasteiger partial charge in [-0.3, -0.25) is 9.59 Å². The van der Waals surface area contributed by atoms with Gasteiger partial charge in [-0.25, -0.2) is 8.42 Å². The highest BCUT2D eigenvalue weighted by Crippen LogP contribution is 2.25. The summed E-state index contributed by atoms with van der Waals surface area (Å²) in [4.78, 5) is 26.1. The average molecular weight is 492 g/mol. The van der Waals surface area contributed by atoms with Gasteiger partial charge in [0.05, 0.1) is 22.1 Å². The molecule has 8 heteroatoms. The predicted molar refractivity (Wildman–Crippen MR) is 135 cm³/mol. The standard InChI is InChI=1S/C27H29N3O4S/c31-26(22-12-9-19-30(20-22)35(33,34)23-13-5-2-6-14-23)29-25-16-8-7-15-24(25)27(32)28-18-17-21-10-3-1-4-11-21/h1-8,10-11,13-16,22H,9,12,17-20H2,(H,28,32)(H,29,31). The van der Waals surface area contributed by atoms with Crippen molar-refractivity contribution in [1.82, 2.24) is 9.62 Å². The number of hydrogen-bond acceptors (Lipinski definition) is 4. The molecule has 3 aromatic rings. The molecule has 3 aromatic carbocycles. The summed E-state index contributed by atoms with van der Waals surface area (Å²) in [5.74, 6) is -1.06. The summed E-state index contributed by atoms with van der Waals surface area (Å²) in [5, 5.41) is 5.77. The maximum Gasteiger partial charge on any atom is 0.253 e. The Hall–Kier alpha value is -3.49. The van der Waals surface area contributed by atoms with Crippen LogP contribution < -0.4 is 10.6 Å². The van der Waals surface area contributed by atoms with Crippen molar-refractivity contribution >= 4 is 27.5 Å². The van der Waals surface area contributed by atoms with Crippen molar-refractivity contribution in [2.45, 2.75) is 24.2 Å². The fourth-order valence-electron chi connectivity index (χ4n) is 4.20. The van der Waals surface area contributed by atoms with Crippen LogP contribution in [0.5, 0.6) is 0 Å². The van der Waals surface area contributed by atoms with E-state index < -0.39 is 15.9 Å². The molecule has 0 saturated carbocycles. The van der Waals surface area contributed by atoms with E-state index in [2.05, 4.69) is 10.6 Å². The molecule has 0 bridgehead atoms. The second-order valence-electron chi connectivity index (χ2n) is 8.54. The third kappa shape index (κ3) is 6.15. The van der Waals surface area contributed by atoms with E-state index in [4.69, 9.17) is 0 Å². The molecule has 1 aliphatic rings. The van der Waals surface area contributed by atoms with Crippen molar-refractivity contribution in [2.75, 3.05) is 25.0 Å². The molecule has 1 fully saturated rings. The van der Waals surface area contributed by atoms with Crippen LogP contribution in [0.2, 0.25) is 0 Å². The summed E-state index contributed by atoms with van der Waals surface area (Å²) >= 11 is 0. The molecule has 1 aliphatic heterocycles. The van der Waals surface area contributed by atoms with Gasteiger partial charge in [-0.2, -0.15) is 4.31 Å². The van der Waals surface area contributed by atoms with Crippen molar-refractivity contribution in [2.24, 2.45) is 5.92 Å². The summed E-state index contributed by atoms with van der Waals surface area (Å²) in [6, 6.07) is 25.0. The molecule has 2 N–H and O–H groups in total. The Balaban J connectivity index is 1.39. The topological polar surface area (TPSA) is 95.6 Å². The van der Waals surface area contributed by atoms with E-state index in [1.807, 2.05) is 30.3 Å². The Morgan fingerprint density at radius 2 is 1.54 bits per heavy atom. The number of carbonyl (C=O) groups excluding carboxylic acids is 2. The van der Waals surface area contributed by atoms with Gasteiger partial charge in [0.25, 0.3) is 5.91 Å². The maximum atomic E-state index is 13.1. The zero-order valence-electron chi connectivity index (χ0n) is 19.4. The molecule has 0 aliphatic carbocycles. The molecule has 1 unspecified atom stereocenters. The van der Waals surface area contributed by atoms with Crippen molar-refractivity contribution in [3.63, 3.8) is 0 Å². The molecule has 7 nitrogen and oxygen atoms in total. The maximum absolute atomic E-state index is 13.1. The minimum atomic E-state index is -3.67. The van der Waals surface area contributed by atoms with E-state index in [1.54, 1.807) is 54.6 Å². The average Bonchev–Trinajstić information content (AvgIpc) is 2.90. The van der Waals surface area contributed by atoms with Crippen LogP contribution in [0.3, 0.4) is 0 Å². The van der Waals surface area contributed by atoms with Crippen molar-refractivity contribution in [3.05, 3.63) is 96.1 Å². The minimum Gasteiger partial charge on any atom is -0.352 e. The smallest absolute Gasteiger partial charge is 0.253 e. The third-order valence-electron chi connectivity index (χ3n) is 6.11. The Morgan fingerprint density at radius 3 is 2.29 bits per heavy atom. The lowest BCUT2D eigenvalue weighted by Crippen LogP contribution is -2.43. The number of anilines is 1. The zero-order chi connectivity index (χ0) is 24.7. The van der Waals surface area contributed by atoms with E-state index in [9.17, 15) is 18.0 Å². The van der Waals surface area contributed by atoms with Crippen LogP contribution >= 0.6 is 0 Å². The van der Waals surface area contributed by atoms with Gasteiger partial charge in [0, 0.05) is 19.6 Å². The highest BCUT2D eigenvalue weighted by molar-refractivity contribution is 7.89. The lowest BCUT2D eigenvalue weighted by molar-refractivity contribution is -0.120. The molecule has 1 saturated heterocycles. The van der Waals surface area contributed by atoms with Crippen LogP contribution in [0, 0.1) is 5.92 Å². The molecule has 2 amide bonds. The van der Waals surface area contributed by atoms with Crippen molar-refractivity contribution < 1.29 is 18.0 Å². The first-order valence-corrected chi connectivity index (χ1v) is 13.2. The van der Waals surface area contributed by atoms with Crippen LogP contribution in [-0.4, -0.2) is 44.2 Å². The first-order valence-electron chi connectivity index (χ1n) is 11.7. The summed E-state index contributed by atoms with van der Waals surface area (Å²) in [6.07, 6.45) is 1.87. The lowest BCUT2D eigenvalue weighted by atomic mass is 9.98. The molecular formula is C27H29N3O4S. The number of hydrogen-bond donors (Lipinski definition) is 2. The molecule has 0 spiro atoms. The monoisotopic (exact) mass is 491 g/mol. The molecule has 0 radical (unpaired) electrons.